The number of piperidine rings is 1. The lowest BCUT2D eigenvalue weighted by atomic mass is 9.73. The van der Waals surface area contributed by atoms with E-state index in [2.05, 4.69) is 4.90 Å². The van der Waals surface area contributed by atoms with E-state index in [1.165, 1.54) is 64.6 Å². The molecule has 0 radical (unpaired) electrons. The van der Waals surface area contributed by atoms with E-state index >= 15 is 0 Å². The predicted molar refractivity (Wildman–Crippen MR) is 75.4 cm³/mol. The van der Waals surface area contributed by atoms with Gasteiger partial charge in [0.1, 0.15) is 0 Å². The summed E-state index contributed by atoms with van der Waals surface area (Å²) in [6, 6.07) is 0. The molecule has 3 nitrogen and oxygen atoms in total. The second-order valence-corrected chi connectivity index (χ2v) is 6.52. The second-order valence-electron chi connectivity index (χ2n) is 6.52. The van der Waals surface area contributed by atoms with Crippen molar-refractivity contribution in [1.82, 2.24) is 4.90 Å². The van der Waals surface area contributed by atoms with Crippen LogP contribution < -0.4 is 5.73 Å². The number of nitrogens with two attached hydrogens (primary N) is 1. The summed E-state index contributed by atoms with van der Waals surface area (Å²) in [6.07, 6.45) is 10.4. The first-order valence-electron chi connectivity index (χ1n) is 7.81. The smallest absolute Gasteiger partial charge is 0.0434 e. The van der Waals surface area contributed by atoms with E-state index < -0.39 is 0 Å². The van der Waals surface area contributed by atoms with Gasteiger partial charge in [0.25, 0.3) is 0 Å². The van der Waals surface area contributed by atoms with Crippen molar-refractivity contribution in [3.63, 3.8) is 0 Å². The molecule has 1 heterocycles. The van der Waals surface area contributed by atoms with E-state index in [-0.39, 0.29) is 0 Å². The second kappa shape index (κ2) is 6.88. The zero-order valence-electron chi connectivity index (χ0n) is 11.7. The standard InChI is InChI=1S/C15H30N2O/c16-12-15(7-2-1-3-8-15)13-17-9-4-5-14(11-17)6-10-18/h14,18H,1-13,16H2. The molecule has 0 aromatic rings. The molecule has 2 rings (SSSR count). The van der Waals surface area contributed by atoms with Crippen LogP contribution in [0.15, 0.2) is 0 Å². The van der Waals surface area contributed by atoms with Crippen molar-refractivity contribution in [2.75, 3.05) is 32.8 Å². The van der Waals surface area contributed by atoms with Crippen LogP contribution in [0.3, 0.4) is 0 Å². The molecule has 1 aliphatic heterocycles. The van der Waals surface area contributed by atoms with Crippen molar-refractivity contribution in [2.24, 2.45) is 17.1 Å². The summed E-state index contributed by atoms with van der Waals surface area (Å²) < 4.78 is 0. The normalized spacial score (nSPS) is 29.3. The lowest BCUT2D eigenvalue weighted by Crippen LogP contribution is -2.47. The summed E-state index contributed by atoms with van der Waals surface area (Å²) in [5.74, 6) is 0.710. The Balaban J connectivity index is 1.86. The fraction of sp³-hybridized carbons (Fsp3) is 1.00. The van der Waals surface area contributed by atoms with E-state index in [0.29, 0.717) is 17.9 Å². The summed E-state index contributed by atoms with van der Waals surface area (Å²) in [7, 11) is 0. The van der Waals surface area contributed by atoms with Gasteiger partial charge in [-0.25, -0.2) is 0 Å². The molecule has 3 heteroatoms. The Morgan fingerprint density at radius 2 is 1.94 bits per heavy atom. The molecule has 0 bridgehead atoms. The van der Waals surface area contributed by atoms with Gasteiger partial charge in [-0.05, 0) is 56.5 Å². The Labute approximate surface area is 112 Å². The highest BCUT2D eigenvalue weighted by Gasteiger charge is 2.33. The minimum Gasteiger partial charge on any atom is -0.396 e. The first kappa shape index (κ1) is 14.3. The van der Waals surface area contributed by atoms with Gasteiger partial charge in [-0.15, -0.1) is 0 Å². The molecule has 2 fully saturated rings. The van der Waals surface area contributed by atoms with Gasteiger partial charge in [-0.2, -0.15) is 0 Å². The Hall–Kier alpha value is -0.120. The van der Waals surface area contributed by atoms with Crippen molar-refractivity contribution < 1.29 is 5.11 Å². The van der Waals surface area contributed by atoms with Gasteiger partial charge in [0, 0.05) is 19.7 Å². The Morgan fingerprint density at radius 3 is 2.61 bits per heavy atom. The molecular weight excluding hydrogens is 224 g/mol. The fourth-order valence-electron chi connectivity index (χ4n) is 3.92. The summed E-state index contributed by atoms with van der Waals surface area (Å²) in [6.45, 7) is 4.83. The van der Waals surface area contributed by atoms with Crippen molar-refractivity contribution in [1.29, 1.82) is 0 Å². The first-order valence-corrected chi connectivity index (χ1v) is 7.81. The molecular formula is C15H30N2O. The molecule has 1 unspecified atom stereocenters. The highest BCUT2D eigenvalue weighted by molar-refractivity contribution is 4.88. The van der Waals surface area contributed by atoms with E-state index in [0.717, 1.165) is 13.0 Å². The highest BCUT2D eigenvalue weighted by atomic mass is 16.3. The molecule has 3 N–H and O–H groups in total. The average molecular weight is 254 g/mol. The van der Waals surface area contributed by atoms with E-state index in [4.69, 9.17) is 10.8 Å². The number of likely N-dealkylation sites (tertiary alicyclic amines) is 1. The maximum atomic E-state index is 9.08. The summed E-state index contributed by atoms with van der Waals surface area (Å²) >= 11 is 0. The number of hydrogen-bond acceptors (Lipinski definition) is 3. The van der Waals surface area contributed by atoms with Gasteiger partial charge in [-0.1, -0.05) is 19.3 Å². The number of aliphatic hydroxyl groups is 1. The molecule has 1 aliphatic carbocycles. The quantitative estimate of drug-likeness (QED) is 0.789. The van der Waals surface area contributed by atoms with E-state index in [1.54, 1.807) is 0 Å². The zero-order valence-corrected chi connectivity index (χ0v) is 11.7. The number of nitrogens with zero attached hydrogens (tertiary/aromatic N) is 1. The molecule has 1 atom stereocenters. The average Bonchev–Trinajstić information content (AvgIpc) is 2.41. The summed E-state index contributed by atoms with van der Waals surface area (Å²) in [5, 5.41) is 9.08. The largest absolute Gasteiger partial charge is 0.396 e. The van der Waals surface area contributed by atoms with Gasteiger partial charge < -0.3 is 15.7 Å². The van der Waals surface area contributed by atoms with Gasteiger partial charge in [0.2, 0.25) is 0 Å². The molecule has 1 saturated carbocycles. The van der Waals surface area contributed by atoms with Gasteiger partial charge in [0.05, 0.1) is 0 Å². The number of aliphatic hydroxyl groups excluding tert-OH is 1. The molecule has 0 spiro atoms. The fourth-order valence-corrected chi connectivity index (χ4v) is 3.92. The van der Waals surface area contributed by atoms with Gasteiger partial charge >= 0.3 is 0 Å². The van der Waals surface area contributed by atoms with Crippen molar-refractivity contribution in [3.05, 3.63) is 0 Å². The van der Waals surface area contributed by atoms with Crippen LogP contribution in [-0.4, -0.2) is 42.8 Å². The lowest BCUT2D eigenvalue weighted by molar-refractivity contribution is 0.0725. The zero-order chi connectivity index (χ0) is 12.8. The van der Waals surface area contributed by atoms with E-state index in [9.17, 15) is 0 Å². The lowest BCUT2D eigenvalue weighted by Gasteiger charge is -2.43. The molecule has 1 saturated heterocycles. The van der Waals surface area contributed by atoms with Crippen molar-refractivity contribution in [3.8, 4) is 0 Å². The predicted octanol–water partition coefficient (Wildman–Crippen LogP) is 1.99. The maximum absolute atomic E-state index is 9.08. The van der Waals surface area contributed by atoms with Gasteiger partial charge in [0.15, 0.2) is 0 Å². The van der Waals surface area contributed by atoms with Crippen LogP contribution in [0.25, 0.3) is 0 Å². The third kappa shape index (κ3) is 3.69. The molecule has 0 aromatic heterocycles. The molecule has 0 aromatic carbocycles. The molecule has 0 amide bonds. The van der Waals surface area contributed by atoms with Gasteiger partial charge in [-0.3, -0.25) is 0 Å². The molecule has 2 aliphatic rings. The minimum absolute atomic E-state index is 0.348. The number of rotatable bonds is 5. The highest BCUT2D eigenvalue weighted by Crippen LogP contribution is 2.37. The monoisotopic (exact) mass is 254 g/mol. The Bertz CT molecular complexity index is 237. The minimum atomic E-state index is 0.348. The van der Waals surface area contributed by atoms with Crippen LogP contribution in [0.1, 0.15) is 51.4 Å². The third-order valence-corrected chi connectivity index (χ3v) is 5.05. The van der Waals surface area contributed by atoms with Crippen LogP contribution in [0, 0.1) is 11.3 Å². The third-order valence-electron chi connectivity index (χ3n) is 5.05. The molecule has 18 heavy (non-hydrogen) atoms. The van der Waals surface area contributed by atoms with Crippen molar-refractivity contribution in [2.45, 2.75) is 51.4 Å². The Kier molecular flexibility index (Phi) is 5.46. The maximum Gasteiger partial charge on any atom is 0.0434 e. The van der Waals surface area contributed by atoms with Crippen molar-refractivity contribution >= 4 is 0 Å². The van der Waals surface area contributed by atoms with Crippen LogP contribution in [0.5, 0.6) is 0 Å². The first-order chi connectivity index (χ1) is 8.78. The topological polar surface area (TPSA) is 49.5 Å². The summed E-state index contributed by atoms with van der Waals surface area (Å²) in [4.78, 5) is 2.63. The Morgan fingerprint density at radius 1 is 1.17 bits per heavy atom. The molecule has 106 valence electrons. The van der Waals surface area contributed by atoms with Crippen LogP contribution in [-0.2, 0) is 0 Å². The van der Waals surface area contributed by atoms with E-state index in [1.807, 2.05) is 0 Å². The van der Waals surface area contributed by atoms with Crippen LogP contribution >= 0.6 is 0 Å². The number of hydrogen-bond donors (Lipinski definition) is 2. The van der Waals surface area contributed by atoms with Crippen LogP contribution in [0.2, 0.25) is 0 Å². The SMILES string of the molecule is NCC1(CN2CCCC(CCO)C2)CCCCC1. The van der Waals surface area contributed by atoms with Crippen LogP contribution in [0.4, 0.5) is 0 Å². The summed E-state index contributed by atoms with van der Waals surface area (Å²) in [5.41, 5.74) is 6.48.